The van der Waals surface area contributed by atoms with E-state index >= 15 is 0 Å². The molecule has 0 radical (unpaired) electrons. The van der Waals surface area contributed by atoms with E-state index in [-0.39, 0.29) is 12.4 Å². The average molecular weight is 400 g/mol. The molecule has 2 aromatic rings. The molecule has 3 N–H and O–H groups in total. The first-order valence-corrected chi connectivity index (χ1v) is 10.7. The number of nitrogens with one attached hydrogen (secondary N) is 1. The van der Waals surface area contributed by atoms with Gasteiger partial charge in [-0.3, -0.25) is 0 Å². The van der Waals surface area contributed by atoms with Gasteiger partial charge in [-0.1, -0.05) is 66.8 Å². The van der Waals surface area contributed by atoms with Crippen molar-refractivity contribution in [1.82, 2.24) is 5.32 Å². The van der Waals surface area contributed by atoms with Gasteiger partial charge in [-0.05, 0) is 64.8 Å². The monoisotopic (exact) mass is 399 g/mol. The van der Waals surface area contributed by atoms with Gasteiger partial charge < -0.3 is 15.5 Å². The Morgan fingerprint density at radius 1 is 0.900 bits per heavy atom. The van der Waals surface area contributed by atoms with Gasteiger partial charge in [-0.15, -0.1) is 0 Å². The van der Waals surface area contributed by atoms with Crippen LogP contribution in [0.1, 0.15) is 30.4 Å². The predicted octanol–water partition coefficient (Wildman–Crippen LogP) is 5.11. The number of hydrogen-bond acceptors (Lipinski definition) is 3. The quantitative estimate of drug-likeness (QED) is 0.567. The van der Waals surface area contributed by atoms with Crippen molar-refractivity contribution < 1.29 is 10.2 Å². The van der Waals surface area contributed by atoms with Gasteiger partial charge >= 0.3 is 0 Å². The maximum Gasteiger partial charge on any atom is 0.115 e. The summed E-state index contributed by atoms with van der Waals surface area (Å²) >= 11 is 0. The minimum atomic E-state index is 0.161. The molecule has 1 aliphatic carbocycles. The van der Waals surface area contributed by atoms with Crippen molar-refractivity contribution in [1.29, 1.82) is 0 Å². The number of rotatable bonds is 7. The van der Waals surface area contributed by atoms with E-state index in [4.69, 9.17) is 0 Å². The SMILES string of the molecule is OCCC/C(=C(/C1=CCC=C(C2CNC2)C=C1)c1ccc(O)cc1)c1ccccc1. The summed E-state index contributed by atoms with van der Waals surface area (Å²) in [5, 5.41) is 22.7. The second-order valence-electron chi connectivity index (χ2n) is 7.88. The minimum Gasteiger partial charge on any atom is -0.508 e. The predicted molar refractivity (Wildman–Crippen MR) is 124 cm³/mol. The average Bonchev–Trinajstić information content (AvgIpc) is 2.97. The van der Waals surface area contributed by atoms with Crippen molar-refractivity contribution >= 4 is 11.1 Å². The second-order valence-corrected chi connectivity index (χ2v) is 7.88. The van der Waals surface area contributed by atoms with Gasteiger partial charge in [0.15, 0.2) is 0 Å². The zero-order chi connectivity index (χ0) is 20.8. The molecule has 2 aliphatic rings. The van der Waals surface area contributed by atoms with Crippen LogP contribution >= 0.6 is 0 Å². The number of hydrogen-bond donors (Lipinski definition) is 3. The first-order chi connectivity index (χ1) is 14.8. The van der Waals surface area contributed by atoms with Crippen molar-refractivity contribution in [3.63, 3.8) is 0 Å². The number of phenols is 1. The molecule has 0 spiro atoms. The fraction of sp³-hybridized carbons (Fsp3) is 0.259. The van der Waals surface area contributed by atoms with Crippen LogP contribution in [0.4, 0.5) is 0 Å². The molecule has 30 heavy (non-hydrogen) atoms. The number of allylic oxidation sites excluding steroid dienone is 7. The Labute approximate surface area is 178 Å². The number of aromatic hydroxyl groups is 1. The standard InChI is InChI=1S/C27H29NO2/c29-17-5-10-26(21-6-2-1-3-7-21)27(23-13-15-25(30)16-14-23)22-9-4-8-20(11-12-22)24-18-28-19-24/h1-3,6-9,11-16,24,28-30H,4-5,10,17-19H2/b27-26+. The van der Waals surface area contributed by atoms with Crippen LogP contribution < -0.4 is 5.32 Å². The topological polar surface area (TPSA) is 52.5 Å². The first-order valence-electron chi connectivity index (χ1n) is 10.7. The van der Waals surface area contributed by atoms with Crippen LogP contribution in [0.15, 0.2) is 90.0 Å². The molecule has 0 bridgehead atoms. The minimum absolute atomic E-state index is 0.161. The largest absolute Gasteiger partial charge is 0.508 e. The second kappa shape index (κ2) is 9.75. The van der Waals surface area contributed by atoms with Crippen molar-refractivity contribution in [3.05, 3.63) is 101 Å². The van der Waals surface area contributed by atoms with Crippen LogP contribution in [-0.2, 0) is 0 Å². The summed E-state index contributed by atoms with van der Waals surface area (Å²) in [6.45, 7) is 2.27. The van der Waals surface area contributed by atoms with Gasteiger partial charge in [0, 0.05) is 25.6 Å². The Hall–Kier alpha value is -2.88. The summed E-state index contributed by atoms with van der Waals surface area (Å²) in [4.78, 5) is 0. The molecule has 0 atom stereocenters. The summed E-state index contributed by atoms with van der Waals surface area (Å²) in [7, 11) is 0. The highest BCUT2D eigenvalue weighted by molar-refractivity contribution is 5.99. The van der Waals surface area contributed by atoms with E-state index in [1.165, 1.54) is 27.9 Å². The van der Waals surface area contributed by atoms with E-state index in [1.807, 2.05) is 18.2 Å². The molecular formula is C27H29NO2. The highest BCUT2D eigenvalue weighted by Crippen LogP contribution is 2.37. The van der Waals surface area contributed by atoms with Crippen molar-refractivity contribution in [2.24, 2.45) is 5.92 Å². The molecule has 1 heterocycles. The lowest BCUT2D eigenvalue weighted by atomic mass is 9.86. The number of aliphatic hydroxyl groups excluding tert-OH is 1. The van der Waals surface area contributed by atoms with E-state index in [1.54, 1.807) is 12.1 Å². The maximum atomic E-state index is 9.83. The zero-order valence-electron chi connectivity index (χ0n) is 17.2. The summed E-state index contributed by atoms with van der Waals surface area (Å²) in [6.07, 6.45) is 11.5. The Bertz CT molecular complexity index is 977. The molecule has 154 valence electrons. The Morgan fingerprint density at radius 2 is 1.67 bits per heavy atom. The molecule has 0 unspecified atom stereocenters. The van der Waals surface area contributed by atoms with E-state index in [9.17, 15) is 10.2 Å². The molecule has 0 saturated carbocycles. The summed E-state index contributed by atoms with van der Waals surface area (Å²) in [5.41, 5.74) is 7.24. The highest BCUT2D eigenvalue weighted by Gasteiger charge is 2.21. The fourth-order valence-electron chi connectivity index (χ4n) is 4.11. The third-order valence-corrected chi connectivity index (χ3v) is 5.85. The summed E-state index contributed by atoms with van der Waals surface area (Å²) in [5.74, 6) is 0.875. The number of benzene rings is 2. The van der Waals surface area contributed by atoms with Crippen LogP contribution in [0.5, 0.6) is 5.75 Å². The molecule has 1 fully saturated rings. The molecule has 1 aliphatic heterocycles. The van der Waals surface area contributed by atoms with Crippen LogP contribution in [0.2, 0.25) is 0 Å². The van der Waals surface area contributed by atoms with Crippen molar-refractivity contribution in [2.75, 3.05) is 19.7 Å². The lowest BCUT2D eigenvalue weighted by Crippen LogP contribution is -2.42. The Morgan fingerprint density at radius 3 is 2.33 bits per heavy atom. The smallest absolute Gasteiger partial charge is 0.115 e. The van der Waals surface area contributed by atoms with E-state index in [0.29, 0.717) is 12.3 Å². The lowest BCUT2D eigenvalue weighted by molar-refractivity contribution is 0.290. The molecular weight excluding hydrogens is 370 g/mol. The first kappa shape index (κ1) is 20.4. The lowest BCUT2D eigenvalue weighted by Gasteiger charge is -2.28. The van der Waals surface area contributed by atoms with Gasteiger partial charge in [-0.25, -0.2) is 0 Å². The normalized spacial score (nSPS) is 17.5. The number of aliphatic hydroxyl groups is 1. The van der Waals surface area contributed by atoms with Crippen molar-refractivity contribution in [3.8, 4) is 5.75 Å². The van der Waals surface area contributed by atoms with Crippen molar-refractivity contribution in [2.45, 2.75) is 19.3 Å². The highest BCUT2D eigenvalue weighted by atomic mass is 16.3. The third kappa shape index (κ3) is 4.64. The molecule has 0 amide bonds. The zero-order valence-corrected chi connectivity index (χ0v) is 17.2. The molecule has 3 nitrogen and oxygen atoms in total. The summed E-state index contributed by atoms with van der Waals surface area (Å²) < 4.78 is 0. The van der Waals surface area contributed by atoms with Crippen LogP contribution in [0.25, 0.3) is 11.1 Å². The van der Waals surface area contributed by atoms with E-state index < -0.39 is 0 Å². The van der Waals surface area contributed by atoms with Gasteiger partial charge in [-0.2, -0.15) is 0 Å². The fourth-order valence-corrected chi connectivity index (χ4v) is 4.11. The Kier molecular flexibility index (Phi) is 6.63. The van der Waals surface area contributed by atoms with E-state index in [2.05, 4.69) is 53.9 Å². The van der Waals surface area contributed by atoms with Crippen LogP contribution in [-0.4, -0.2) is 29.9 Å². The van der Waals surface area contributed by atoms with Gasteiger partial charge in [0.2, 0.25) is 0 Å². The summed E-state index contributed by atoms with van der Waals surface area (Å²) in [6, 6.07) is 17.9. The molecule has 0 aromatic heterocycles. The Balaban J connectivity index is 1.82. The third-order valence-electron chi connectivity index (χ3n) is 5.85. The number of phenolic OH excluding ortho intramolecular Hbond substituents is 1. The molecule has 3 heteroatoms. The molecule has 1 saturated heterocycles. The van der Waals surface area contributed by atoms with Crippen LogP contribution in [0.3, 0.4) is 0 Å². The molecule has 2 aromatic carbocycles. The van der Waals surface area contributed by atoms with Crippen LogP contribution in [0, 0.1) is 5.92 Å². The maximum absolute atomic E-state index is 9.83. The van der Waals surface area contributed by atoms with Gasteiger partial charge in [0.25, 0.3) is 0 Å². The van der Waals surface area contributed by atoms with Gasteiger partial charge in [0.05, 0.1) is 0 Å². The van der Waals surface area contributed by atoms with E-state index in [0.717, 1.165) is 31.5 Å². The molecule has 4 rings (SSSR count). The van der Waals surface area contributed by atoms with Gasteiger partial charge in [0.1, 0.15) is 5.75 Å².